The molecule has 0 saturated heterocycles. The number of nitrogens with zero attached hydrogens (tertiary/aromatic N) is 4. The van der Waals surface area contributed by atoms with Gasteiger partial charge in [-0.15, -0.1) is 0 Å². The summed E-state index contributed by atoms with van der Waals surface area (Å²) in [5, 5.41) is -0.0473. The van der Waals surface area contributed by atoms with Crippen LogP contribution in [0.4, 0.5) is 18.0 Å². The summed E-state index contributed by atoms with van der Waals surface area (Å²) in [7, 11) is -0.383. The Bertz CT molecular complexity index is 1210. The smallest absolute Gasteiger partial charge is 0.422 e. The summed E-state index contributed by atoms with van der Waals surface area (Å²) in [6, 6.07) is 8.68. The second-order valence-electron chi connectivity index (χ2n) is 7.14. The quantitative estimate of drug-likeness (QED) is 0.440. The molecule has 9 nitrogen and oxygen atoms in total. The second kappa shape index (κ2) is 10.6. The van der Waals surface area contributed by atoms with Crippen molar-refractivity contribution < 1.29 is 36.4 Å². The van der Waals surface area contributed by atoms with Gasteiger partial charge < -0.3 is 14.4 Å². The summed E-state index contributed by atoms with van der Waals surface area (Å²) in [5.41, 5.74) is 1.06. The number of imidazole rings is 1. The van der Waals surface area contributed by atoms with Crippen LogP contribution in [0.15, 0.2) is 47.8 Å². The standard InChI is InChI=1S/C21H21F3N4O5S/c1-14(29)32-10-9-27(2)20(30)28-18-6-4-3-5-17(18)26-19(28)34(31)12-15-11-16(7-8-25-15)33-13-21(22,23)24/h3-8,11H,9-10,12-13H2,1-2H3/t34-/m1/s1. The molecule has 0 bridgehead atoms. The minimum atomic E-state index is -4.50. The Morgan fingerprint density at radius 1 is 1.21 bits per heavy atom. The number of fused-ring (bicyclic) bond motifs is 1. The molecule has 0 spiro atoms. The van der Waals surface area contributed by atoms with E-state index in [1.165, 1.54) is 41.8 Å². The van der Waals surface area contributed by atoms with E-state index in [0.29, 0.717) is 11.0 Å². The molecule has 0 aliphatic carbocycles. The van der Waals surface area contributed by atoms with Crippen LogP contribution in [0, 0.1) is 0 Å². The maximum atomic E-state index is 13.2. The Morgan fingerprint density at radius 2 is 1.94 bits per heavy atom. The zero-order valence-electron chi connectivity index (χ0n) is 18.2. The number of amides is 1. The van der Waals surface area contributed by atoms with Crippen LogP contribution in [0.3, 0.4) is 0 Å². The molecule has 0 aliphatic rings. The van der Waals surface area contributed by atoms with Crippen LogP contribution in [0.25, 0.3) is 11.0 Å². The van der Waals surface area contributed by atoms with Gasteiger partial charge in [0.2, 0.25) is 5.16 Å². The minimum Gasteiger partial charge on any atom is -0.484 e. The average molecular weight is 498 g/mol. The van der Waals surface area contributed by atoms with Crippen LogP contribution in [0.5, 0.6) is 5.75 Å². The molecule has 0 saturated carbocycles. The SMILES string of the molecule is CC(=O)OCCN(C)C(=O)n1c([S@](=O)Cc2cc(OCC(F)(F)F)ccn2)nc2ccccc21. The van der Waals surface area contributed by atoms with Gasteiger partial charge in [0.25, 0.3) is 0 Å². The number of alkyl halides is 3. The van der Waals surface area contributed by atoms with E-state index >= 15 is 0 Å². The molecule has 1 aromatic carbocycles. The molecule has 3 rings (SSSR count). The Hall–Kier alpha value is -3.48. The highest BCUT2D eigenvalue weighted by molar-refractivity contribution is 7.84. The molecular weight excluding hydrogens is 477 g/mol. The van der Waals surface area contributed by atoms with Crippen LogP contribution < -0.4 is 4.74 Å². The first-order chi connectivity index (χ1) is 16.0. The summed E-state index contributed by atoms with van der Waals surface area (Å²) in [6.45, 7) is -0.137. The number of aromatic nitrogens is 3. The van der Waals surface area contributed by atoms with Gasteiger partial charge in [-0.3, -0.25) is 14.0 Å². The number of benzene rings is 1. The molecule has 182 valence electrons. The van der Waals surface area contributed by atoms with Crippen LogP contribution >= 0.6 is 0 Å². The Morgan fingerprint density at radius 3 is 2.65 bits per heavy atom. The van der Waals surface area contributed by atoms with Crippen LogP contribution in [0.2, 0.25) is 0 Å². The van der Waals surface area contributed by atoms with Crippen LogP contribution in [0.1, 0.15) is 12.6 Å². The van der Waals surface area contributed by atoms with Gasteiger partial charge in [-0.05, 0) is 18.2 Å². The molecule has 0 radical (unpaired) electrons. The highest BCUT2D eigenvalue weighted by Crippen LogP contribution is 2.23. The highest BCUT2D eigenvalue weighted by Gasteiger charge is 2.28. The fourth-order valence-electron chi connectivity index (χ4n) is 2.92. The molecule has 0 fully saturated rings. The zero-order chi connectivity index (χ0) is 24.9. The number of likely N-dealkylation sites (N-methyl/N-ethyl adjacent to an activating group) is 1. The van der Waals surface area contributed by atoms with Gasteiger partial charge in [-0.1, -0.05) is 12.1 Å². The molecule has 1 amide bonds. The van der Waals surface area contributed by atoms with E-state index in [-0.39, 0.29) is 35.5 Å². The largest absolute Gasteiger partial charge is 0.484 e. The number of pyridine rings is 1. The highest BCUT2D eigenvalue weighted by atomic mass is 32.2. The molecule has 34 heavy (non-hydrogen) atoms. The number of hydrogen-bond acceptors (Lipinski definition) is 7. The van der Waals surface area contributed by atoms with Gasteiger partial charge in [0.1, 0.15) is 12.4 Å². The van der Waals surface area contributed by atoms with Crippen LogP contribution in [-0.4, -0.2) is 68.6 Å². The van der Waals surface area contributed by atoms with Crippen molar-refractivity contribution in [3.05, 3.63) is 48.3 Å². The zero-order valence-corrected chi connectivity index (χ0v) is 19.1. The Balaban J connectivity index is 1.85. The second-order valence-corrected chi connectivity index (χ2v) is 8.48. The number of esters is 1. The number of ether oxygens (including phenoxy) is 2. The lowest BCUT2D eigenvalue weighted by Crippen LogP contribution is -2.35. The molecule has 2 heterocycles. The topological polar surface area (TPSA) is 104 Å². The average Bonchev–Trinajstić information content (AvgIpc) is 3.16. The van der Waals surface area contributed by atoms with Crippen molar-refractivity contribution >= 4 is 33.8 Å². The number of hydrogen-bond donors (Lipinski definition) is 0. The first-order valence-corrected chi connectivity index (χ1v) is 11.3. The first-order valence-electron chi connectivity index (χ1n) is 9.94. The van der Waals surface area contributed by atoms with Gasteiger partial charge in [0, 0.05) is 26.2 Å². The fraction of sp³-hybridized carbons (Fsp3) is 0.333. The third-order valence-electron chi connectivity index (χ3n) is 4.45. The number of para-hydroxylation sites is 2. The summed E-state index contributed by atoms with van der Waals surface area (Å²) < 4.78 is 61.2. The van der Waals surface area contributed by atoms with Gasteiger partial charge in [0.15, 0.2) is 6.61 Å². The normalized spacial score (nSPS) is 12.4. The Labute approximate surface area is 194 Å². The molecular formula is C21H21F3N4O5S. The number of carbonyl (C=O) groups excluding carboxylic acids is 2. The van der Waals surface area contributed by atoms with E-state index in [4.69, 9.17) is 9.47 Å². The van der Waals surface area contributed by atoms with Crippen molar-refractivity contribution in [3.63, 3.8) is 0 Å². The molecule has 1 atom stereocenters. The van der Waals surface area contributed by atoms with E-state index in [0.717, 1.165) is 0 Å². The van der Waals surface area contributed by atoms with Crippen molar-refractivity contribution in [2.75, 3.05) is 26.8 Å². The van der Waals surface area contributed by atoms with Gasteiger partial charge in [-0.2, -0.15) is 13.2 Å². The lowest BCUT2D eigenvalue weighted by atomic mass is 10.3. The van der Waals surface area contributed by atoms with E-state index < -0.39 is 35.6 Å². The molecule has 0 aliphatic heterocycles. The number of rotatable bonds is 8. The third-order valence-corrected chi connectivity index (χ3v) is 5.69. The summed E-state index contributed by atoms with van der Waals surface area (Å²) >= 11 is 0. The minimum absolute atomic E-state index is 0.0166. The van der Waals surface area contributed by atoms with E-state index in [1.54, 1.807) is 24.3 Å². The summed E-state index contributed by atoms with van der Waals surface area (Å²) in [4.78, 5) is 33.8. The lowest BCUT2D eigenvalue weighted by molar-refractivity contribution is -0.153. The van der Waals surface area contributed by atoms with Gasteiger partial charge in [-0.25, -0.2) is 14.3 Å². The molecule has 0 unspecified atom stereocenters. The van der Waals surface area contributed by atoms with Crippen molar-refractivity contribution in [3.8, 4) is 5.75 Å². The molecule has 0 N–H and O–H groups in total. The maximum absolute atomic E-state index is 13.2. The van der Waals surface area contributed by atoms with E-state index in [1.807, 2.05) is 0 Å². The summed E-state index contributed by atoms with van der Waals surface area (Å²) in [6.07, 6.45) is -3.26. The third kappa shape index (κ3) is 6.53. The van der Waals surface area contributed by atoms with Crippen molar-refractivity contribution in [1.82, 2.24) is 19.4 Å². The predicted octanol–water partition coefficient (Wildman–Crippen LogP) is 3.14. The van der Waals surface area contributed by atoms with Crippen molar-refractivity contribution in [1.29, 1.82) is 0 Å². The maximum Gasteiger partial charge on any atom is 0.422 e. The number of halogens is 3. The first kappa shape index (κ1) is 25.1. The lowest BCUT2D eigenvalue weighted by Gasteiger charge is -2.18. The van der Waals surface area contributed by atoms with Crippen molar-refractivity contribution in [2.45, 2.75) is 24.0 Å². The van der Waals surface area contributed by atoms with E-state index in [2.05, 4.69) is 9.97 Å². The molecule has 2 aromatic heterocycles. The van der Waals surface area contributed by atoms with E-state index in [9.17, 15) is 27.0 Å². The molecule has 3 aromatic rings. The monoisotopic (exact) mass is 498 g/mol. The fourth-order valence-corrected chi connectivity index (χ4v) is 4.06. The predicted molar refractivity (Wildman–Crippen MR) is 116 cm³/mol. The van der Waals surface area contributed by atoms with Gasteiger partial charge >= 0.3 is 18.2 Å². The molecule has 13 heteroatoms. The number of carbonyl (C=O) groups is 2. The summed E-state index contributed by atoms with van der Waals surface area (Å²) in [5.74, 6) is -0.768. The van der Waals surface area contributed by atoms with Gasteiger partial charge in [0.05, 0.1) is 39.8 Å². The Kier molecular flexibility index (Phi) is 7.87. The van der Waals surface area contributed by atoms with Crippen molar-refractivity contribution in [2.24, 2.45) is 0 Å². The van der Waals surface area contributed by atoms with Crippen LogP contribution in [-0.2, 0) is 26.1 Å².